The van der Waals surface area contributed by atoms with Crippen molar-refractivity contribution in [3.63, 3.8) is 0 Å². The van der Waals surface area contributed by atoms with Crippen molar-refractivity contribution in [2.24, 2.45) is 0 Å². The zero-order valence-electron chi connectivity index (χ0n) is 61.6. The normalized spacial score (nSPS) is 12.3. The predicted octanol–water partition coefficient (Wildman–Crippen LogP) is 6.41. The lowest BCUT2D eigenvalue weighted by Gasteiger charge is -2.24. The summed E-state index contributed by atoms with van der Waals surface area (Å²) in [4.78, 5) is 135. The maximum atomic E-state index is 13.7. The second-order valence-corrected chi connectivity index (χ2v) is 25.0. The topological polar surface area (TPSA) is 437 Å². The summed E-state index contributed by atoms with van der Waals surface area (Å²) in [7, 11) is 0. The highest BCUT2D eigenvalue weighted by Crippen LogP contribution is 2.29. The van der Waals surface area contributed by atoms with Crippen molar-refractivity contribution < 1.29 is 113 Å². The van der Waals surface area contributed by atoms with E-state index in [0.29, 0.717) is 89.2 Å². The number of urea groups is 2. The molecule has 2 heterocycles. The first-order valence-corrected chi connectivity index (χ1v) is 36.1. The van der Waals surface area contributed by atoms with Gasteiger partial charge in [0.1, 0.15) is 35.2 Å². The third-order valence-electron chi connectivity index (χ3n) is 15.7. The van der Waals surface area contributed by atoms with Crippen molar-refractivity contribution in [3.8, 4) is 11.5 Å². The van der Waals surface area contributed by atoms with E-state index in [-0.39, 0.29) is 141 Å². The fourth-order valence-electron chi connectivity index (χ4n) is 10.3. The van der Waals surface area contributed by atoms with Gasteiger partial charge in [-0.25, -0.2) is 19.6 Å². The summed E-state index contributed by atoms with van der Waals surface area (Å²) in [5.41, 5.74) is 2.03. The van der Waals surface area contributed by atoms with Gasteiger partial charge in [0.05, 0.1) is 77.8 Å². The number of carboxylic acids is 2. The zero-order valence-corrected chi connectivity index (χ0v) is 61.6. The largest absolute Gasteiger partial charge is 0.573 e. The van der Waals surface area contributed by atoms with Gasteiger partial charge >= 0.3 is 36.7 Å². The van der Waals surface area contributed by atoms with Crippen LogP contribution in [-0.4, -0.2) is 210 Å². The summed E-state index contributed by atoms with van der Waals surface area (Å²) in [5.74, 6) is -5.78. The molecule has 0 aliphatic carbocycles. The van der Waals surface area contributed by atoms with Crippen molar-refractivity contribution in [2.45, 2.75) is 153 Å². The summed E-state index contributed by atoms with van der Waals surface area (Å²) in [5, 5.41) is 52.2. The van der Waals surface area contributed by atoms with Gasteiger partial charge in [-0.3, -0.25) is 38.4 Å². The van der Waals surface area contributed by atoms with E-state index in [1.807, 2.05) is 38.1 Å². The number of unbranched alkanes of at least 4 members (excludes halogenated alkanes) is 3. The van der Waals surface area contributed by atoms with E-state index in [1.165, 1.54) is 24.3 Å². The van der Waals surface area contributed by atoms with E-state index in [9.17, 15) is 84.5 Å². The Morgan fingerprint density at radius 3 is 1.14 bits per heavy atom. The number of aryl methyl sites for hydroxylation is 2. The standard InChI is InChI=1S/C72H102F6N14O18/c1-49-21-31-81-59(43-49)79-29-11-19-63(95)89-55(67(101)91-57(47-65(97)98)51-13-9-15-53(45-51)109-71(73,74)75)17-3-5-25-83-61(93)23-35-105-39-41-107-37-33-87-69(103)85-27-7-8-28-86-70(104)88-34-38-108-42-40-106-36-24-62(94)84-26-6-4-18-56(90-64(96)20-12-30-80-60-44-50(2)22-32-82-60)68(102)92-58(48-66(99)100)52-14-10-16-54(46-52)110-72(76,77)78/h9-10,13-16,21-22,31-32,43-46,55-58H,3-8,11-12,17-20,23-30,33-42,47-48H2,1-2H3,(H,79,81)(H,80,82)(H,83,93)(H,84,94)(H,89,95)(H,90,96)(H,91,101)(H,92,102)(H,97,98)(H,99,100)(H2,85,87,103)(H2,86,88,104)/t55-,56-,57?,58?/m0/s1. The lowest BCUT2D eigenvalue weighted by Crippen LogP contribution is -2.48. The smallest absolute Gasteiger partial charge is 0.481 e. The number of nitrogens with zero attached hydrogens (tertiary/aromatic N) is 2. The SMILES string of the molecule is Cc1ccnc(NCCCC(=O)N[C@@H](CCCCNC(=O)CCOCCOCCNC(=O)NCCCCNC(=O)NCCOCCOCCC(=O)NCCCC[C@H](NC(=O)CCCNc2cc(C)ccn2)C(=O)NC(CC(=O)O)c2cccc(OC(F)(F)F)c2)C(=O)NC(CC(=O)O)c2cccc(OC(F)(F)F)c2)c1. The predicted molar refractivity (Wildman–Crippen MR) is 388 cm³/mol. The molecule has 14 N–H and O–H groups in total. The first-order chi connectivity index (χ1) is 52.6. The fourth-order valence-corrected chi connectivity index (χ4v) is 10.3. The minimum Gasteiger partial charge on any atom is -0.481 e. The molecular formula is C72H102F6N14O18. The number of benzene rings is 2. The number of carbonyl (C=O) groups is 10. The molecule has 38 heteroatoms. The Morgan fingerprint density at radius 1 is 0.400 bits per heavy atom. The van der Waals surface area contributed by atoms with Crippen molar-refractivity contribution >= 4 is 71.1 Å². The second-order valence-electron chi connectivity index (χ2n) is 25.0. The Morgan fingerprint density at radius 2 is 0.764 bits per heavy atom. The molecule has 0 aliphatic rings. The van der Waals surface area contributed by atoms with Gasteiger partial charge in [0.2, 0.25) is 35.4 Å². The Bertz CT molecular complexity index is 3260. The number of ether oxygens (including phenoxy) is 6. The average molecular weight is 1570 g/mol. The van der Waals surface area contributed by atoms with Crippen LogP contribution in [0.25, 0.3) is 0 Å². The molecule has 2 aromatic carbocycles. The quantitative estimate of drug-likeness (QED) is 0.0168. The number of alkyl halides is 6. The van der Waals surface area contributed by atoms with Crippen molar-refractivity contribution in [3.05, 3.63) is 107 Å². The van der Waals surface area contributed by atoms with Gasteiger partial charge < -0.3 is 102 Å². The highest BCUT2D eigenvalue weighted by molar-refractivity contribution is 5.89. The minimum atomic E-state index is -5.02. The summed E-state index contributed by atoms with van der Waals surface area (Å²) >= 11 is 0. The molecule has 0 radical (unpaired) electrons. The van der Waals surface area contributed by atoms with Crippen LogP contribution in [0, 0.1) is 13.8 Å². The molecule has 2 aromatic heterocycles. The molecule has 2 unspecified atom stereocenters. The fraction of sp³-hybridized carbons (Fsp3) is 0.556. The molecule has 0 saturated heterocycles. The van der Waals surface area contributed by atoms with Crippen LogP contribution < -0.4 is 73.3 Å². The van der Waals surface area contributed by atoms with Crippen LogP contribution in [0.15, 0.2) is 85.2 Å². The number of pyridine rings is 2. The first kappa shape index (κ1) is 92.0. The van der Waals surface area contributed by atoms with Crippen LogP contribution in [-0.2, 0) is 57.3 Å². The molecule has 0 bridgehead atoms. The summed E-state index contributed by atoms with van der Waals surface area (Å²) in [6.45, 7) is 7.44. The Hall–Kier alpha value is -10.3. The van der Waals surface area contributed by atoms with Gasteiger partial charge in [0.15, 0.2) is 0 Å². The number of hydrogen-bond donors (Lipinski definition) is 14. The van der Waals surface area contributed by atoms with Gasteiger partial charge in [-0.2, -0.15) is 0 Å². The summed E-state index contributed by atoms with van der Waals surface area (Å²) in [6.07, 6.45) is -4.58. The Labute approximate surface area is 633 Å². The second kappa shape index (κ2) is 52.7. The van der Waals surface area contributed by atoms with Crippen molar-refractivity contribution in [2.75, 3.05) is 116 Å². The average Bonchev–Trinajstić information content (AvgIpc) is 0.851. The maximum Gasteiger partial charge on any atom is 0.573 e. The monoisotopic (exact) mass is 1560 g/mol. The molecule has 4 atom stereocenters. The number of hydrogen-bond acceptors (Lipinski definition) is 20. The van der Waals surface area contributed by atoms with E-state index in [2.05, 4.69) is 83.2 Å². The van der Waals surface area contributed by atoms with Crippen LogP contribution >= 0.6 is 0 Å². The number of amides is 10. The van der Waals surface area contributed by atoms with Crippen molar-refractivity contribution in [1.82, 2.24) is 63.1 Å². The molecule has 110 heavy (non-hydrogen) atoms. The maximum absolute atomic E-state index is 13.7. The number of rotatable bonds is 57. The van der Waals surface area contributed by atoms with Gasteiger partial charge in [0.25, 0.3) is 0 Å². The van der Waals surface area contributed by atoms with Gasteiger partial charge in [-0.05, 0) is 149 Å². The van der Waals surface area contributed by atoms with Gasteiger partial charge in [-0.1, -0.05) is 24.3 Å². The van der Waals surface area contributed by atoms with Gasteiger partial charge in [0, 0.05) is 90.4 Å². The molecule has 0 aliphatic heterocycles. The third kappa shape index (κ3) is 44.8. The van der Waals surface area contributed by atoms with Crippen LogP contribution in [0.2, 0.25) is 0 Å². The third-order valence-corrected chi connectivity index (χ3v) is 15.7. The minimum absolute atomic E-state index is 0.0140. The zero-order chi connectivity index (χ0) is 80.4. The van der Waals surface area contributed by atoms with Crippen molar-refractivity contribution in [1.29, 1.82) is 0 Å². The molecular weight excluding hydrogens is 1460 g/mol. The number of carboxylic acid groups (broad SMARTS) is 2. The molecule has 610 valence electrons. The lowest BCUT2D eigenvalue weighted by molar-refractivity contribution is -0.275. The number of aromatic nitrogens is 2. The molecule has 4 rings (SSSR count). The number of carbonyl (C=O) groups excluding carboxylic acids is 8. The number of aliphatic carboxylic acids is 2. The molecule has 0 spiro atoms. The first-order valence-electron chi connectivity index (χ1n) is 36.1. The molecule has 0 saturated carbocycles. The number of halogens is 6. The number of nitrogens with one attached hydrogen (secondary N) is 12. The highest BCUT2D eigenvalue weighted by Gasteiger charge is 2.34. The summed E-state index contributed by atoms with van der Waals surface area (Å²) in [6, 6.07) is 10.8. The summed E-state index contributed by atoms with van der Waals surface area (Å²) < 4.78 is 108. The molecule has 4 aromatic rings. The Balaban J connectivity index is 0.980. The molecule has 0 fully saturated rings. The van der Waals surface area contributed by atoms with Gasteiger partial charge in [-0.15, -0.1) is 26.3 Å². The Kier molecular flexibility index (Phi) is 44.1. The molecule has 32 nitrogen and oxygen atoms in total. The van der Waals surface area contributed by atoms with Crippen LogP contribution in [0.3, 0.4) is 0 Å². The van der Waals surface area contributed by atoms with Crippen LogP contribution in [0.1, 0.15) is 137 Å². The van der Waals surface area contributed by atoms with E-state index < -0.39 is 109 Å². The van der Waals surface area contributed by atoms with E-state index in [1.54, 1.807) is 12.4 Å². The van der Waals surface area contributed by atoms with E-state index >= 15 is 0 Å². The van der Waals surface area contributed by atoms with Crippen LogP contribution in [0.4, 0.5) is 47.6 Å². The lowest BCUT2D eigenvalue weighted by atomic mass is 10.0. The van der Waals surface area contributed by atoms with E-state index in [4.69, 9.17) is 18.9 Å². The number of anilines is 2. The molecule has 10 amide bonds. The van der Waals surface area contributed by atoms with E-state index in [0.717, 1.165) is 35.4 Å². The highest BCUT2D eigenvalue weighted by atomic mass is 19.4. The van der Waals surface area contributed by atoms with Crippen LogP contribution in [0.5, 0.6) is 11.5 Å².